The maximum atomic E-state index is 13.6. The van der Waals surface area contributed by atoms with Crippen LogP contribution in [0.4, 0.5) is 0 Å². The summed E-state index contributed by atoms with van der Waals surface area (Å²) < 4.78 is 30.5. The van der Waals surface area contributed by atoms with E-state index >= 15 is 0 Å². The first-order valence-electron chi connectivity index (χ1n) is 11.5. The van der Waals surface area contributed by atoms with Crippen molar-refractivity contribution in [3.05, 3.63) is 77.1 Å². The Morgan fingerprint density at radius 3 is 2.39 bits per heavy atom. The van der Waals surface area contributed by atoms with Crippen LogP contribution in [0.2, 0.25) is 0 Å². The maximum absolute atomic E-state index is 13.6. The van der Waals surface area contributed by atoms with E-state index < -0.39 is 16.1 Å². The number of ketones is 1. The predicted octanol–water partition coefficient (Wildman–Crippen LogP) is 4.86. The molecule has 2 aliphatic rings. The van der Waals surface area contributed by atoms with Gasteiger partial charge in [0.25, 0.3) is 0 Å². The van der Waals surface area contributed by atoms with Gasteiger partial charge in [0.15, 0.2) is 5.78 Å². The molecule has 1 atom stereocenters. The second kappa shape index (κ2) is 7.92. The van der Waals surface area contributed by atoms with Crippen LogP contribution in [-0.2, 0) is 16.4 Å². The van der Waals surface area contributed by atoms with Gasteiger partial charge in [-0.3, -0.25) is 4.79 Å². The molecule has 0 spiro atoms. The van der Waals surface area contributed by atoms with Gasteiger partial charge >= 0.3 is 0 Å². The number of Topliss-reactive ketones (excluding diaryl/α,β-unsaturated/α-hetero) is 1. The molecule has 0 radical (unpaired) electrons. The minimum atomic E-state index is -3.70. The Bertz CT molecular complexity index is 1310. The van der Waals surface area contributed by atoms with Crippen LogP contribution >= 0.6 is 0 Å². The van der Waals surface area contributed by atoms with Crippen molar-refractivity contribution in [3.8, 4) is 5.69 Å². The third-order valence-electron chi connectivity index (χ3n) is 6.72. The van der Waals surface area contributed by atoms with Gasteiger partial charge in [0.05, 0.1) is 33.6 Å². The molecule has 172 valence electrons. The zero-order valence-corrected chi connectivity index (χ0v) is 20.1. The fraction of sp³-hybridized carbons (Fsp3) is 0.385. The predicted molar refractivity (Wildman–Crippen MR) is 127 cm³/mol. The average molecular weight is 464 g/mol. The molecule has 0 saturated carbocycles. The molecule has 1 aromatic heterocycles. The highest BCUT2D eigenvalue weighted by Gasteiger charge is 2.43. The number of nitrogens with zero attached hydrogens (tertiary/aromatic N) is 3. The van der Waals surface area contributed by atoms with Crippen molar-refractivity contribution >= 4 is 15.8 Å². The molecular weight excluding hydrogens is 434 g/mol. The van der Waals surface area contributed by atoms with Crippen molar-refractivity contribution in [1.82, 2.24) is 14.1 Å². The monoisotopic (exact) mass is 463 g/mol. The molecule has 0 amide bonds. The number of hydrogen-bond donors (Lipinski definition) is 0. The van der Waals surface area contributed by atoms with Gasteiger partial charge < -0.3 is 0 Å². The highest BCUT2D eigenvalue weighted by Crippen LogP contribution is 2.43. The van der Waals surface area contributed by atoms with E-state index in [4.69, 9.17) is 5.10 Å². The van der Waals surface area contributed by atoms with Crippen molar-refractivity contribution in [2.24, 2.45) is 5.41 Å². The molecule has 7 heteroatoms. The average Bonchev–Trinajstić information content (AvgIpc) is 3.39. The van der Waals surface area contributed by atoms with E-state index in [9.17, 15) is 13.2 Å². The first-order chi connectivity index (χ1) is 15.7. The summed E-state index contributed by atoms with van der Waals surface area (Å²) in [5.74, 6) is 0.0537. The van der Waals surface area contributed by atoms with Crippen LogP contribution in [0, 0.1) is 12.3 Å². The van der Waals surface area contributed by atoms with E-state index in [-0.39, 0.29) is 16.1 Å². The number of aromatic nitrogens is 2. The second-order valence-corrected chi connectivity index (χ2v) is 11.9. The zero-order valence-electron chi connectivity index (χ0n) is 19.3. The fourth-order valence-corrected chi connectivity index (χ4v) is 6.80. The van der Waals surface area contributed by atoms with Gasteiger partial charge in [-0.1, -0.05) is 49.7 Å². The van der Waals surface area contributed by atoms with Crippen molar-refractivity contribution < 1.29 is 13.2 Å². The number of carbonyl (C=O) groups is 1. The quantitative estimate of drug-likeness (QED) is 0.554. The molecule has 1 aliphatic heterocycles. The molecule has 0 N–H and O–H groups in total. The Kier molecular flexibility index (Phi) is 5.29. The molecule has 2 aromatic carbocycles. The minimum absolute atomic E-state index is 0.0537. The smallest absolute Gasteiger partial charge is 0.243 e. The molecule has 0 bridgehead atoms. The first kappa shape index (κ1) is 22.0. The summed E-state index contributed by atoms with van der Waals surface area (Å²) in [6.45, 7) is 6.55. The molecule has 2 heterocycles. The lowest BCUT2D eigenvalue weighted by Gasteiger charge is -2.30. The van der Waals surface area contributed by atoms with Crippen LogP contribution in [0.3, 0.4) is 0 Å². The van der Waals surface area contributed by atoms with Crippen molar-refractivity contribution in [3.63, 3.8) is 0 Å². The van der Waals surface area contributed by atoms with Gasteiger partial charge in [-0.25, -0.2) is 13.1 Å². The van der Waals surface area contributed by atoms with Crippen molar-refractivity contribution in [2.45, 2.75) is 57.4 Å². The van der Waals surface area contributed by atoms with Crippen LogP contribution in [-0.4, -0.2) is 34.8 Å². The van der Waals surface area contributed by atoms with Gasteiger partial charge in [0.2, 0.25) is 10.0 Å². The Hall–Kier alpha value is -2.77. The summed E-state index contributed by atoms with van der Waals surface area (Å²) in [5, 5.41) is 4.92. The van der Waals surface area contributed by atoms with E-state index in [0.29, 0.717) is 37.1 Å². The number of para-hydroxylation sites is 1. The Morgan fingerprint density at radius 1 is 1.00 bits per heavy atom. The third-order valence-corrected chi connectivity index (χ3v) is 8.64. The summed E-state index contributed by atoms with van der Waals surface area (Å²) >= 11 is 0. The molecular formula is C26H29N3O3S. The lowest BCUT2D eigenvalue weighted by atomic mass is 9.75. The number of carbonyl (C=O) groups excluding carboxylic acids is 1. The minimum Gasteiger partial charge on any atom is -0.294 e. The van der Waals surface area contributed by atoms with Gasteiger partial charge in [0, 0.05) is 13.0 Å². The van der Waals surface area contributed by atoms with E-state index in [1.165, 1.54) is 0 Å². The lowest BCUT2D eigenvalue weighted by Crippen LogP contribution is -2.33. The highest BCUT2D eigenvalue weighted by atomic mass is 32.2. The van der Waals surface area contributed by atoms with Gasteiger partial charge in [-0.2, -0.15) is 9.40 Å². The largest absolute Gasteiger partial charge is 0.294 e. The molecule has 5 rings (SSSR count). The van der Waals surface area contributed by atoms with Crippen molar-refractivity contribution in [2.75, 3.05) is 6.54 Å². The normalized spacial score (nSPS) is 20.7. The number of hydrogen-bond acceptors (Lipinski definition) is 4. The Balaban J connectivity index is 1.64. The van der Waals surface area contributed by atoms with Crippen LogP contribution in [0.25, 0.3) is 5.69 Å². The van der Waals surface area contributed by atoms with Crippen LogP contribution in [0.1, 0.15) is 66.5 Å². The SMILES string of the molecule is Cc1ccc(S(=O)(=O)N2CCC[C@H]2c2nn(-c3ccccc3)c3c2C(=O)CC(C)(C)C3)cc1. The van der Waals surface area contributed by atoms with Gasteiger partial charge in [-0.05, 0) is 55.9 Å². The molecule has 3 aromatic rings. The summed E-state index contributed by atoms with van der Waals surface area (Å²) in [6.07, 6.45) is 2.54. The number of benzene rings is 2. The maximum Gasteiger partial charge on any atom is 0.243 e. The van der Waals surface area contributed by atoms with Crippen molar-refractivity contribution in [1.29, 1.82) is 0 Å². The number of sulfonamides is 1. The number of fused-ring (bicyclic) bond motifs is 1. The second-order valence-electron chi connectivity index (χ2n) is 9.98. The summed E-state index contributed by atoms with van der Waals surface area (Å²) in [4.78, 5) is 13.6. The van der Waals surface area contributed by atoms with E-state index in [1.54, 1.807) is 16.4 Å². The highest BCUT2D eigenvalue weighted by molar-refractivity contribution is 7.89. The lowest BCUT2D eigenvalue weighted by molar-refractivity contribution is 0.0908. The summed E-state index contributed by atoms with van der Waals surface area (Å²) in [6, 6.07) is 16.3. The molecule has 6 nitrogen and oxygen atoms in total. The molecule has 1 saturated heterocycles. The van der Waals surface area contributed by atoms with Gasteiger partial charge in [-0.15, -0.1) is 0 Å². The molecule has 0 unspecified atom stereocenters. The third kappa shape index (κ3) is 3.83. The fourth-order valence-electron chi connectivity index (χ4n) is 5.14. The standard InChI is InChI=1S/C26H29N3O3S/c1-18-11-13-20(14-12-18)33(31,32)28-15-7-10-21(28)25-24-22(16-26(2,3)17-23(24)30)29(27-25)19-8-5-4-6-9-19/h4-6,8-9,11-14,21H,7,10,15-17H2,1-3H3/t21-/m0/s1. The van der Waals surface area contributed by atoms with E-state index in [0.717, 1.165) is 23.4 Å². The number of rotatable bonds is 4. The molecule has 1 aliphatic carbocycles. The molecule has 1 fully saturated rings. The van der Waals surface area contributed by atoms with E-state index in [1.807, 2.05) is 54.1 Å². The summed E-state index contributed by atoms with van der Waals surface area (Å²) in [5.41, 5.74) is 3.83. The topological polar surface area (TPSA) is 72.3 Å². The number of aryl methyl sites for hydroxylation is 1. The Morgan fingerprint density at radius 2 is 1.70 bits per heavy atom. The Labute approximate surface area is 195 Å². The van der Waals surface area contributed by atoms with Crippen LogP contribution in [0.15, 0.2) is 59.5 Å². The van der Waals surface area contributed by atoms with Crippen LogP contribution in [0.5, 0.6) is 0 Å². The summed E-state index contributed by atoms with van der Waals surface area (Å²) in [7, 11) is -3.70. The zero-order chi connectivity index (χ0) is 23.4. The van der Waals surface area contributed by atoms with Crippen LogP contribution < -0.4 is 0 Å². The van der Waals surface area contributed by atoms with E-state index in [2.05, 4.69) is 13.8 Å². The van der Waals surface area contributed by atoms with Gasteiger partial charge in [0.1, 0.15) is 0 Å². The molecule has 33 heavy (non-hydrogen) atoms. The first-order valence-corrected chi connectivity index (χ1v) is 12.9.